The summed E-state index contributed by atoms with van der Waals surface area (Å²) in [5.41, 5.74) is 4.47. The van der Waals surface area contributed by atoms with Crippen molar-refractivity contribution in [1.82, 2.24) is 4.98 Å². The zero-order valence-corrected chi connectivity index (χ0v) is 11.5. The smallest absolute Gasteiger partial charge is 0.133 e. The van der Waals surface area contributed by atoms with E-state index in [0.29, 0.717) is 5.15 Å². The van der Waals surface area contributed by atoms with Crippen LogP contribution in [0.5, 0.6) is 0 Å². The van der Waals surface area contributed by atoms with Crippen LogP contribution >= 0.6 is 11.6 Å². The lowest BCUT2D eigenvalue weighted by atomic mass is 10.0. The van der Waals surface area contributed by atoms with E-state index < -0.39 is 0 Å². The number of aromatic nitrogens is 1. The fourth-order valence-corrected chi connectivity index (χ4v) is 2.51. The van der Waals surface area contributed by atoms with E-state index in [2.05, 4.69) is 48.3 Å². The Morgan fingerprint density at radius 3 is 2.58 bits per heavy atom. The van der Waals surface area contributed by atoms with Crippen LogP contribution in [-0.2, 0) is 6.42 Å². The molecule has 1 nitrogen and oxygen atoms in total. The maximum absolute atomic E-state index is 6.31. The second-order valence-electron chi connectivity index (χ2n) is 4.75. The number of benzene rings is 2. The summed E-state index contributed by atoms with van der Waals surface area (Å²) in [5.74, 6) is 0. The Kier molecular flexibility index (Phi) is 3.22. The van der Waals surface area contributed by atoms with Crippen LogP contribution in [0.3, 0.4) is 0 Å². The standard InChI is InChI=1S/C17H14ClN/c1-12-6-5-9-14-11-15(17(18)19-16(12)14)10-13-7-3-2-4-8-13/h2-9,11H,10H2,1H3. The molecular weight excluding hydrogens is 254 g/mol. The molecule has 0 amide bonds. The fourth-order valence-electron chi connectivity index (χ4n) is 2.31. The first-order chi connectivity index (χ1) is 9.24. The van der Waals surface area contributed by atoms with Gasteiger partial charge in [0.1, 0.15) is 5.15 Å². The molecule has 0 bridgehead atoms. The lowest BCUT2D eigenvalue weighted by molar-refractivity contribution is 1.16. The minimum atomic E-state index is 0.602. The number of pyridine rings is 1. The maximum atomic E-state index is 6.31. The van der Waals surface area contributed by atoms with Crippen molar-refractivity contribution in [2.45, 2.75) is 13.3 Å². The van der Waals surface area contributed by atoms with E-state index >= 15 is 0 Å². The number of hydrogen-bond acceptors (Lipinski definition) is 1. The third kappa shape index (κ3) is 2.47. The lowest BCUT2D eigenvalue weighted by Gasteiger charge is -2.08. The second kappa shape index (κ2) is 5.02. The van der Waals surface area contributed by atoms with E-state index in [1.807, 2.05) is 18.2 Å². The van der Waals surface area contributed by atoms with Crippen LogP contribution in [0.1, 0.15) is 16.7 Å². The highest BCUT2D eigenvalue weighted by atomic mass is 35.5. The molecule has 0 atom stereocenters. The van der Waals surface area contributed by atoms with Crippen molar-refractivity contribution in [3.8, 4) is 0 Å². The summed E-state index contributed by atoms with van der Waals surface area (Å²) >= 11 is 6.31. The number of rotatable bonds is 2. The third-order valence-corrected chi connectivity index (χ3v) is 3.64. The molecule has 1 heterocycles. The first kappa shape index (κ1) is 12.2. The average molecular weight is 268 g/mol. The van der Waals surface area contributed by atoms with E-state index in [9.17, 15) is 0 Å². The van der Waals surface area contributed by atoms with Gasteiger partial charge in [-0.1, -0.05) is 60.1 Å². The summed E-state index contributed by atoms with van der Waals surface area (Å²) in [6, 6.07) is 18.7. The largest absolute Gasteiger partial charge is 0.236 e. The molecule has 0 N–H and O–H groups in total. The van der Waals surface area contributed by atoms with Crippen molar-refractivity contribution in [2.24, 2.45) is 0 Å². The zero-order chi connectivity index (χ0) is 13.2. The van der Waals surface area contributed by atoms with Crippen molar-refractivity contribution >= 4 is 22.5 Å². The second-order valence-corrected chi connectivity index (χ2v) is 5.11. The predicted molar refractivity (Wildman–Crippen MR) is 80.7 cm³/mol. The molecule has 1 aromatic heterocycles. The Bertz CT molecular complexity index is 720. The molecule has 0 fully saturated rings. The highest BCUT2D eigenvalue weighted by Gasteiger charge is 2.07. The van der Waals surface area contributed by atoms with Gasteiger partial charge < -0.3 is 0 Å². The first-order valence-corrected chi connectivity index (χ1v) is 6.70. The van der Waals surface area contributed by atoms with E-state index in [4.69, 9.17) is 11.6 Å². The van der Waals surface area contributed by atoms with Crippen LogP contribution in [0.2, 0.25) is 5.15 Å². The lowest BCUT2D eigenvalue weighted by Crippen LogP contribution is -1.93. The molecule has 3 aromatic rings. The van der Waals surface area contributed by atoms with Gasteiger partial charge in [-0.2, -0.15) is 0 Å². The van der Waals surface area contributed by atoms with E-state index in [1.54, 1.807) is 0 Å². The minimum Gasteiger partial charge on any atom is -0.236 e. The molecule has 3 rings (SSSR count). The summed E-state index contributed by atoms with van der Waals surface area (Å²) in [6.07, 6.45) is 0.816. The summed E-state index contributed by atoms with van der Waals surface area (Å²) in [6.45, 7) is 2.06. The van der Waals surface area contributed by atoms with Crippen LogP contribution in [0.15, 0.2) is 54.6 Å². The Balaban J connectivity index is 2.07. The van der Waals surface area contributed by atoms with Crippen LogP contribution in [-0.4, -0.2) is 4.98 Å². The zero-order valence-electron chi connectivity index (χ0n) is 10.7. The van der Waals surface area contributed by atoms with Crippen LogP contribution < -0.4 is 0 Å². The number of aryl methyl sites for hydroxylation is 1. The number of nitrogens with zero attached hydrogens (tertiary/aromatic N) is 1. The molecule has 19 heavy (non-hydrogen) atoms. The maximum Gasteiger partial charge on any atom is 0.133 e. The molecule has 0 spiro atoms. The monoisotopic (exact) mass is 267 g/mol. The fraction of sp³-hybridized carbons (Fsp3) is 0.118. The number of hydrogen-bond donors (Lipinski definition) is 0. The van der Waals surface area contributed by atoms with E-state index in [-0.39, 0.29) is 0 Å². The summed E-state index contributed by atoms with van der Waals surface area (Å²) in [7, 11) is 0. The van der Waals surface area contributed by atoms with Crippen LogP contribution in [0.4, 0.5) is 0 Å². The number of halogens is 1. The van der Waals surface area contributed by atoms with Gasteiger partial charge in [0.15, 0.2) is 0 Å². The van der Waals surface area contributed by atoms with Gasteiger partial charge >= 0.3 is 0 Å². The molecule has 0 radical (unpaired) electrons. The highest BCUT2D eigenvalue weighted by Crippen LogP contribution is 2.24. The van der Waals surface area contributed by atoms with Crippen molar-refractivity contribution in [2.75, 3.05) is 0 Å². The Morgan fingerprint density at radius 2 is 1.79 bits per heavy atom. The van der Waals surface area contributed by atoms with Gasteiger partial charge in [0.25, 0.3) is 0 Å². The van der Waals surface area contributed by atoms with Crippen molar-refractivity contribution < 1.29 is 0 Å². The quantitative estimate of drug-likeness (QED) is 0.609. The molecule has 2 heteroatoms. The van der Waals surface area contributed by atoms with Gasteiger partial charge in [-0.05, 0) is 29.7 Å². The van der Waals surface area contributed by atoms with Gasteiger partial charge in [0.05, 0.1) is 5.52 Å². The normalized spacial score (nSPS) is 10.8. The third-order valence-electron chi connectivity index (χ3n) is 3.31. The molecule has 0 aliphatic rings. The van der Waals surface area contributed by atoms with Gasteiger partial charge in [-0.3, -0.25) is 0 Å². The summed E-state index contributed by atoms with van der Waals surface area (Å²) in [5, 5.41) is 1.75. The number of fused-ring (bicyclic) bond motifs is 1. The van der Waals surface area contributed by atoms with Gasteiger partial charge in [0.2, 0.25) is 0 Å². The van der Waals surface area contributed by atoms with Crippen molar-refractivity contribution in [3.05, 3.63) is 76.4 Å². The minimum absolute atomic E-state index is 0.602. The van der Waals surface area contributed by atoms with Crippen LogP contribution in [0.25, 0.3) is 10.9 Å². The van der Waals surface area contributed by atoms with Gasteiger partial charge in [0, 0.05) is 11.8 Å². The molecule has 2 aromatic carbocycles. The molecule has 0 saturated carbocycles. The molecule has 0 aliphatic carbocycles. The summed E-state index contributed by atoms with van der Waals surface area (Å²) < 4.78 is 0. The van der Waals surface area contributed by atoms with Crippen LogP contribution in [0, 0.1) is 6.92 Å². The van der Waals surface area contributed by atoms with E-state index in [0.717, 1.165) is 28.5 Å². The van der Waals surface area contributed by atoms with Crippen molar-refractivity contribution in [1.29, 1.82) is 0 Å². The average Bonchev–Trinajstić information content (AvgIpc) is 2.42. The summed E-state index contributed by atoms with van der Waals surface area (Å²) in [4.78, 5) is 4.54. The van der Waals surface area contributed by atoms with Crippen molar-refractivity contribution in [3.63, 3.8) is 0 Å². The van der Waals surface area contributed by atoms with Gasteiger partial charge in [-0.15, -0.1) is 0 Å². The predicted octanol–water partition coefficient (Wildman–Crippen LogP) is 4.79. The van der Waals surface area contributed by atoms with E-state index in [1.165, 1.54) is 5.56 Å². The molecule has 0 saturated heterocycles. The molecular formula is C17H14ClN. The SMILES string of the molecule is Cc1cccc2cc(Cc3ccccc3)c(Cl)nc12. The molecule has 0 unspecified atom stereocenters. The Hall–Kier alpha value is -1.86. The Morgan fingerprint density at radius 1 is 1.00 bits per heavy atom. The van der Waals surface area contributed by atoms with Gasteiger partial charge in [-0.25, -0.2) is 4.98 Å². The highest BCUT2D eigenvalue weighted by molar-refractivity contribution is 6.30. The molecule has 94 valence electrons. The topological polar surface area (TPSA) is 12.9 Å². The molecule has 0 aliphatic heterocycles. The first-order valence-electron chi connectivity index (χ1n) is 6.33. The Labute approximate surface area is 117 Å². The number of para-hydroxylation sites is 1.